The molecule has 0 aliphatic heterocycles. The minimum absolute atomic E-state index is 0.0118. The van der Waals surface area contributed by atoms with Crippen molar-refractivity contribution in [1.29, 1.82) is 0 Å². The molecule has 3 aromatic rings. The summed E-state index contributed by atoms with van der Waals surface area (Å²) in [6.07, 6.45) is 1.35. The zero-order valence-electron chi connectivity index (χ0n) is 15.8. The van der Waals surface area contributed by atoms with Crippen molar-refractivity contribution in [2.45, 2.75) is 33.6 Å². The van der Waals surface area contributed by atoms with E-state index in [0.29, 0.717) is 12.1 Å². The fraction of sp³-hybridized carbons (Fsp3) is 0.286. The highest BCUT2D eigenvalue weighted by atomic mass is 32.2. The Morgan fingerprint density at radius 3 is 2.48 bits per heavy atom. The smallest absolute Gasteiger partial charge is 0.310 e. The summed E-state index contributed by atoms with van der Waals surface area (Å²) in [5.74, 6) is 0.195. The van der Waals surface area contributed by atoms with Gasteiger partial charge in [-0.1, -0.05) is 55.8 Å². The van der Waals surface area contributed by atoms with Crippen LogP contribution in [-0.2, 0) is 10.1 Å². The van der Waals surface area contributed by atoms with E-state index in [2.05, 4.69) is 5.10 Å². The summed E-state index contributed by atoms with van der Waals surface area (Å²) in [5, 5.41) is 4.64. The fourth-order valence-electron chi connectivity index (χ4n) is 2.80. The van der Waals surface area contributed by atoms with Gasteiger partial charge in [-0.25, -0.2) is 0 Å². The zero-order valence-corrected chi connectivity index (χ0v) is 16.7. The van der Waals surface area contributed by atoms with E-state index >= 15 is 0 Å². The quantitative estimate of drug-likeness (QED) is 0.556. The van der Waals surface area contributed by atoms with Gasteiger partial charge in [0.15, 0.2) is 0 Å². The number of benzene rings is 2. The predicted octanol–water partition coefficient (Wildman–Crippen LogP) is 4.66. The van der Waals surface area contributed by atoms with E-state index in [4.69, 9.17) is 4.18 Å². The molecule has 5 nitrogen and oxygen atoms in total. The van der Waals surface area contributed by atoms with Crippen LogP contribution in [0, 0.1) is 13.8 Å². The third-order valence-electron chi connectivity index (χ3n) is 4.51. The van der Waals surface area contributed by atoms with Gasteiger partial charge in [-0.15, -0.1) is 0 Å². The summed E-state index contributed by atoms with van der Waals surface area (Å²) in [6, 6.07) is 17.2. The van der Waals surface area contributed by atoms with E-state index in [9.17, 15) is 8.42 Å². The van der Waals surface area contributed by atoms with Crippen LogP contribution in [0.1, 0.15) is 30.9 Å². The number of aryl methyl sites for hydroxylation is 1. The fourth-order valence-corrected chi connectivity index (χ4v) is 3.91. The van der Waals surface area contributed by atoms with Crippen LogP contribution in [0.2, 0.25) is 0 Å². The molecule has 27 heavy (non-hydrogen) atoms. The van der Waals surface area contributed by atoms with E-state index in [0.717, 1.165) is 28.8 Å². The van der Waals surface area contributed by atoms with E-state index < -0.39 is 10.1 Å². The van der Waals surface area contributed by atoms with Crippen LogP contribution >= 0.6 is 0 Å². The van der Waals surface area contributed by atoms with E-state index in [1.807, 2.05) is 69.3 Å². The summed E-state index contributed by atoms with van der Waals surface area (Å²) in [4.78, 5) is 0. The van der Waals surface area contributed by atoms with Gasteiger partial charge in [-0.2, -0.15) is 18.2 Å². The van der Waals surface area contributed by atoms with Gasteiger partial charge >= 0.3 is 10.1 Å². The van der Waals surface area contributed by atoms with Gasteiger partial charge in [-0.05, 0) is 37.5 Å². The summed E-state index contributed by atoms with van der Waals surface area (Å²) >= 11 is 0. The van der Waals surface area contributed by atoms with Crippen molar-refractivity contribution in [3.63, 3.8) is 0 Å². The monoisotopic (exact) mass is 384 g/mol. The van der Waals surface area contributed by atoms with Crippen molar-refractivity contribution < 1.29 is 12.6 Å². The van der Waals surface area contributed by atoms with Crippen LogP contribution in [-0.4, -0.2) is 24.0 Å². The van der Waals surface area contributed by atoms with Gasteiger partial charge in [0.05, 0.1) is 17.1 Å². The molecule has 0 unspecified atom stereocenters. The molecule has 1 heterocycles. The van der Waals surface area contributed by atoms with Crippen molar-refractivity contribution in [2.24, 2.45) is 0 Å². The molecule has 142 valence electrons. The Bertz CT molecular complexity index is 1020. The number of rotatable bonds is 7. The summed E-state index contributed by atoms with van der Waals surface area (Å²) in [7, 11) is -3.68. The first-order chi connectivity index (χ1) is 12.9. The third kappa shape index (κ3) is 4.39. The zero-order chi connectivity index (χ0) is 19.4. The second-order valence-electron chi connectivity index (χ2n) is 6.56. The summed E-state index contributed by atoms with van der Waals surface area (Å²) in [5.41, 5.74) is 4.49. The van der Waals surface area contributed by atoms with Crippen LogP contribution in [0.25, 0.3) is 16.9 Å². The molecule has 0 amide bonds. The molecule has 3 rings (SSSR count). The Hall–Kier alpha value is -2.60. The van der Waals surface area contributed by atoms with Gasteiger partial charge in [0.25, 0.3) is 0 Å². The number of aromatic nitrogens is 2. The van der Waals surface area contributed by atoms with E-state index in [-0.39, 0.29) is 11.6 Å². The molecule has 0 radical (unpaired) electrons. The van der Waals surface area contributed by atoms with Crippen molar-refractivity contribution in [1.82, 2.24) is 9.78 Å². The average Bonchev–Trinajstić information content (AvgIpc) is 3.06. The van der Waals surface area contributed by atoms with Crippen LogP contribution in [0.4, 0.5) is 0 Å². The van der Waals surface area contributed by atoms with Crippen LogP contribution in [0.3, 0.4) is 0 Å². The molecule has 0 saturated carbocycles. The van der Waals surface area contributed by atoms with Crippen LogP contribution < -0.4 is 4.18 Å². The molecule has 0 aliphatic carbocycles. The maximum absolute atomic E-state index is 12.4. The van der Waals surface area contributed by atoms with Crippen molar-refractivity contribution in [3.05, 3.63) is 65.7 Å². The highest BCUT2D eigenvalue weighted by Crippen LogP contribution is 2.29. The predicted molar refractivity (Wildman–Crippen MR) is 108 cm³/mol. The molecule has 2 aromatic carbocycles. The Kier molecular flexibility index (Phi) is 5.65. The lowest BCUT2D eigenvalue weighted by Crippen LogP contribution is -2.16. The van der Waals surface area contributed by atoms with Gasteiger partial charge in [0.2, 0.25) is 5.88 Å². The maximum atomic E-state index is 12.4. The number of hydrogen-bond acceptors (Lipinski definition) is 4. The third-order valence-corrected chi connectivity index (χ3v) is 5.72. The molecule has 0 fully saturated rings. The summed E-state index contributed by atoms with van der Waals surface area (Å²) < 4.78 is 31.8. The normalized spacial score (nSPS) is 11.5. The minimum atomic E-state index is -3.68. The molecule has 0 bridgehead atoms. The van der Waals surface area contributed by atoms with Gasteiger partial charge in [0, 0.05) is 11.6 Å². The lowest BCUT2D eigenvalue weighted by Gasteiger charge is -2.12. The molecule has 1 aromatic heterocycles. The first-order valence-electron chi connectivity index (χ1n) is 9.05. The molecule has 0 spiro atoms. The van der Waals surface area contributed by atoms with Crippen LogP contribution in [0.15, 0.2) is 54.6 Å². The lowest BCUT2D eigenvalue weighted by molar-refractivity contribution is 0.463. The lowest BCUT2D eigenvalue weighted by atomic mass is 10.1. The highest BCUT2D eigenvalue weighted by molar-refractivity contribution is 7.87. The minimum Gasteiger partial charge on any atom is -0.361 e. The molecule has 0 N–H and O–H groups in total. The highest BCUT2D eigenvalue weighted by Gasteiger charge is 2.20. The Morgan fingerprint density at radius 2 is 1.78 bits per heavy atom. The second kappa shape index (κ2) is 7.96. The number of unbranched alkanes of at least 4 members (excludes halogenated alkanes) is 1. The van der Waals surface area contributed by atoms with Crippen molar-refractivity contribution in [2.75, 3.05) is 5.75 Å². The molecule has 0 aliphatic rings. The van der Waals surface area contributed by atoms with Gasteiger partial charge in [-0.3, -0.25) is 0 Å². The Morgan fingerprint density at radius 1 is 1.04 bits per heavy atom. The van der Waals surface area contributed by atoms with E-state index in [1.165, 1.54) is 0 Å². The van der Waals surface area contributed by atoms with Crippen molar-refractivity contribution in [3.8, 4) is 22.8 Å². The molecule has 0 atom stereocenters. The molecular weight excluding hydrogens is 360 g/mol. The molecule has 6 heteroatoms. The molecular formula is C21H24N2O3S. The number of nitrogens with zero attached hydrogens (tertiary/aromatic N) is 2. The first kappa shape index (κ1) is 19.2. The maximum Gasteiger partial charge on any atom is 0.310 e. The largest absolute Gasteiger partial charge is 0.361 e. The van der Waals surface area contributed by atoms with Gasteiger partial charge in [0.1, 0.15) is 0 Å². The standard InChI is InChI=1S/C21H24N2O3S/c1-4-5-14-27(24,25)26-21-15-19(18-11-7-6-8-12-18)22-23(21)20-13-9-10-16(2)17(20)3/h6-13,15H,4-5,14H2,1-3H3. The first-order valence-corrected chi connectivity index (χ1v) is 10.6. The SMILES string of the molecule is CCCCS(=O)(=O)Oc1cc(-c2ccccc2)nn1-c1cccc(C)c1C. The number of hydrogen-bond donors (Lipinski definition) is 0. The van der Waals surface area contributed by atoms with Gasteiger partial charge < -0.3 is 4.18 Å². The second-order valence-corrected chi connectivity index (χ2v) is 8.25. The van der Waals surface area contributed by atoms with E-state index in [1.54, 1.807) is 10.7 Å². The van der Waals surface area contributed by atoms with Crippen molar-refractivity contribution >= 4 is 10.1 Å². The summed E-state index contributed by atoms with van der Waals surface area (Å²) in [6.45, 7) is 5.95. The molecule has 0 saturated heterocycles. The topological polar surface area (TPSA) is 61.2 Å². The average molecular weight is 385 g/mol. The Labute approximate surface area is 160 Å². The van der Waals surface area contributed by atoms with Crippen LogP contribution in [0.5, 0.6) is 5.88 Å². The Balaban J connectivity index is 2.10.